The Morgan fingerprint density at radius 1 is 1.39 bits per heavy atom. The van der Waals surface area contributed by atoms with Gasteiger partial charge in [-0.2, -0.15) is 4.68 Å². The monoisotopic (exact) mass is 405 g/mol. The second-order valence-electron chi connectivity index (χ2n) is 6.20. The Morgan fingerprint density at radius 2 is 2.18 bits per heavy atom. The molecule has 9 nitrogen and oxygen atoms in total. The van der Waals surface area contributed by atoms with Crippen LogP contribution < -0.4 is 5.56 Å². The van der Waals surface area contributed by atoms with Gasteiger partial charge in [0.2, 0.25) is 0 Å². The molecule has 2 aromatic heterocycles. The third kappa shape index (κ3) is 2.77. The lowest BCUT2D eigenvalue weighted by molar-refractivity contribution is -0.141. The number of aromatic nitrogens is 5. The van der Waals surface area contributed by atoms with Crippen LogP contribution in [0, 0.1) is 5.82 Å². The summed E-state index contributed by atoms with van der Waals surface area (Å²) in [5.41, 5.74) is 0.280. The van der Waals surface area contributed by atoms with E-state index in [0.717, 1.165) is 4.57 Å². The van der Waals surface area contributed by atoms with Gasteiger partial charge in [0.05, 0.1) is 22.5 Å². The molecule has 1 aromatic carbocycles. The summed E-state index contributed by atoms with van der Waals surface area (Å²) in [5, 5.41) is 20.1. The first-order chi connectivity index (χ1) is 13.4. The molecule has 4 rings (SSSR count). The van der Waals surface area contributed by atoms with Gasteiger partial charge in [0.25, 0.3) is 5.56 Å². The Hall–Kier alpha value is -3.11. The summed E-state index contributed by atoms with van der Waals surface area (Å²) in [6.45, 7) is 0. The fourth-order valence-corrected chi connectivity index (χ4v) is 3.62. The molecule has 1 aliphatic rings. The molecule has 2 atom stereocenters. The molecule has 3 aromatic rings. The van der Waals surface area contributed by atoms with Crippen molar-refractivity contribution in [3.63, 3.8) is 0 Å². The Morgan fingerprint density at radius 3 is 2.82 bits per heavy atom. The minimum absolute atomic E-state index is 0.0222. The second kappa shape index (κ2) is 6.80. The Kier molecular flexibility index (Phi) is 4.44. The van der Waals surface area contributed by atoms with E-state index in [4.69, 9.17) is 16.3 Å². The van der Waals surface area contributed by atoms with Crippen LogP contribution in [-0.2, 0) is 9.53 Å². The van der Waals surface area contributed by atoms with Crippen LogP contribution in [0.2, 0.25) is 5.02 Å². The summed E-state index contributed by atoms with van der Waals surface area (Å²) < 4.78 is 22.7. The largest absolute Gasteiger partial charge is 0.480 e. The van der Waals surface area contributed by atoms with Crippen molar-refractivity contribution < 1.29 is 19.0 Å². The Balaban J connectivity index is 1.98. The molecule has 0 bridgehead atoms. The van der Waals surface area contributed by atoms with Gasteiger partial charge in [-0.3, -0.25) is 9.36 Å². The molecule has 0 amide bonds. The van der Waals surface area contributed by atoms with Gasteiger partial charge in [-0.25, -0.2) is 9.18 Å². The highest BCUT2D eigenvalue weighted by Gasteiger charge is 2.37. The number of halogens is 2. The van der Waals surface area contributed by atoms with E-state index in [1.54, 1.807) is 0 Å². The van der Waals surface area contributed by atoms with Crippen LogP contribution in [0.5, 0.6) is 0 Å². The highest BCUT2D eigenvalue weighted by Crippen LogP contribution is 2.39. The minimum atomic E-state index is -1.14. The van der Waals surface area contributed by atoms with Crippen LogP contribution >= 0.6 is 11.6 Å². The summed E-state index contributed by atoms with van der Waals surface area (Å²) in [6.07, 6.45) is 0.764. The normalized spacial score (nSPS) is 18.2. The molecule has 0 saturated carbocycles. The van der Waals surface area contributed by atoms with E-state index in [1.807, 2.05) is 0 Å². The van der Waals surface area contributed by atoms with Gasteiger partial charge in [0.1, 0.15) is 12.4 Å². The van der Waals surface area contributed by atoms with Gasteiger partial charge < -0.3 is 9.84 Å². The third-order valence-electron chi connectivity index (χ3n) is 4.70. The van der Waals surface area contributed by atoms with Crippen molar-refractivity contribution in [3.8, 4) is 16.8 Å². The average Bonchev–Trinajstić information content (AvgIpc) is 3.31. The van der Waals surface area contributed by atoms with Crippen LogP contribution in [0.3, 0.4) is 0 Å². The smallest absolute Gasteiger partial charge is 0.326 e. The van der Waals surface area contributed by atoms with Crippen LogP contribution in [0.1, 0.15) is 24.3 Å². The summed E-state index contributed by atoms with van der Waals surface area (Å²) in [4.78, 5) is 24.2. The maximum absolute atomic E-state index is 15.0. The van der Waals surface area contributed by atoms with Crippen LogP contribution in [0.4, 0.5) is 4.39 Å². The molecule has 1 unspecified atom stereocenters. The SMILES string of the molecule is COC1C[C@@H](C(=O)O)n2c1cc(-c1c(-n3cnnn3)ccc(Cl)c1F)cc2=O. The zero-order valence-corrected chi connectivity index (χ0v) is 15.2. The van der Waals surface area contributed by atoms with E-state index in [1.165, 1.54) is 42.4 Å². The molecule has 3 heterocycles. The molecule has 1 aliphatic heterocycles. The number of carbonyl (C=O) groups is 1. The second-order valence-corrected chi connectivity index (χ2v) is 6.61. The number of fused-ring (bicyclic) bond motifs is 1. The average molecular weight is 406 g/mol. The number of nitrogens with zero attached hydrogens (tertiary/aromatic N) is 5. The van der Waals surface area contributed by atoms with Crippen molar-refractivity contribution in [3.05, 3.63) is 57.5 Å². The predicted octanol–water partition coefficient (Wildman–Crippen LogP) is 2.00. The topological polar surface area (TPSA) is 112 Å². The molecule has 0 saturated heterocycles. The number of hydrogen-bond donors (Lipinski definition) is 1. The van der Waals surface area contributed by atoms with Gasteiger partial charge >= 0.3 is 5.97 Å². The van der Waals surface area contributed by atoms with Crippen molar-refractivity contribution >= 4 is 17.6 Å². The predicted molar refractivity (Wildman–Crippen MR) is 94.9 cm³/mol. The van der Waals surface area contributed by atoms with E-state index in [9.17, 15) is 19.1 Å². The van der Waals surface area contributed by atoms with Gasteiger partial charge in [-0.1, -0.05) is 11.6 Å². The number of benzene rings is 1. The fourth-order valence-electron chi connectivity index (χ4n) is 3.46. The minimum Gasteiger partial charge on any atom is -0.480 e. The Bertz CT molecular complexity index is 1130. The molecule has 0 spiro atoms. The first-order valence-electron chi connectivity index (χ1n) is 8.16. The number of pyridine rings is 1. The van der Waals surface area contributed by atoms with Crippen LogP contribution in [-0.4, -0.2) is 43.0 Å². The van der Waals surface area contributed by atoms with Gasteiger partial charge in [0, 0.05) is 25.2 Å². The number of hydrogen-bond acceptors (Lipinski definition) is 6. The van der Waals surface area contributed by atoms with Crippen molar-refractivity contribution in [1.82, 2.24) is 24.8 Å². The molecule has 0 radical (unpaired) electrons. The highest BCUT2D eigenvalue weighted by atomic mass is 35.5. The standard InChI is InChI=1S/C17H13ClFN5O4/c1-28-13-6-12(17(26)27)24-11(13)4-8(5-14(24)25)15-10(23-7-20-21-22-23)3-2-9(18)16(15)19/h2-5,7,12-13H,6H2,1H3,(H,26,27)/t12-,13?/m0/s1. The maximum Gasteiger partial charge on any atom is 0.326 e. The number of aliphatic carboxylic acids is 1. The molecule has 11 heteroatoms. The molecular weight excluding hydrogens is 393 g/mol. The number of methoxy groups -OCH3 is 1. The van der Waals surface area contributed by atoms with Crippen molar-refractivity contribution in [2.75, 3.05) is 7.11 Å². The first-order valence-corrected chi connectivity index (χ1v) is 8.54. The third-order valence-corrected chi connectivity index (χ3v) is 5.00. The van der Waals surface area contributed by atoms with Crippen LogP contribution in [0.25, 0.3) is 16.8 Å². The van der Waals surface area contributed by atoms with Gasteiger partial charge in [-0.15, -0.1) is 5.10 Å². The van der Waals surface area contributed by atoms with E-state index < -0.39 is 29.5 Å². The quantitative estimate of drug-likeness (QED) is 0.706. The number of tetrazole rings is 1. The number of carboxylic acid groups (broad SMARTS) is 1. The van der Waals surface area contributed by atoms with E-state index >= 15 is 0 Å². The van der Waals surface area contributed by atoms with E-state index in [0.29, 0.717) is 5.69 Å². The molecule has 0 aliphatic carbocycles. The van der Waals surface area contributed by atoms with Crippen molar-refractivity contribution in [2.45, 2.75) is 18.6 Å². The Labute approximate surface area is 161 Å². The van der Waals surface area contributed by atoms with Crippen molar-refractivity contribution in [1.29, 1.82) is 0 Å². The number of carboxylic acids is 1. The number of rotatable bonds is 4. The molecule has 1 N–H and O–H groups in total. The molecule has 0 fully saturated rings. The lowest BCUT2D eigenvalue weighted by Crippen LogP contribution is -2.27. The fraction of sp³-hybridized carbons (Fsp3) is 0.235. The number of ether oxygens (including phenoxy) is 1. The molecule has 144 valence electrons. The highest BCUT2D eigenvalue weighted by molar-refractivity contribution is 6.31. The zero-order valence-electron chi connectivity index (χ0n) is 14.4. The molecule has 28 heavy (non-hydrogen) atoms. The zero-order chi connectivity index (χ0) is 20.0. The van der Waals surface area contributed by atoms with Gasteiger partial charge in [-0.05, 0) is 34.2 Å². The van der Waals surface area contributed by atoms with Crippen molar-refractivity contribution in [2.24, 2.45) is 0 Å². The summed E-state index contributed by atoms with van der Waals surface area (Å²) in [7, 11) is 1.42. The van der Waals surface area contributed by atoms with E-state index in [2.05, 4.69) is 15.5 Å². The van der Waals surface area contributed by atoms with Crippen LogP contribution in [0.15, 0.2) is 35.4 Å². The molecular formula is C17H13ClFN5O4. The lowest BCUT2D eigenvalue weighted by atomic mass is 10.0. The van der Waals surface area contributed by atoms with E-state index in [-0.39, 0.29) is 28.3 Å². The summed E-state index contributed by atoms with van der Waals surface area (Å²) >= 11 is 5.95. The maximum atomic E-state index is 15.0. The summed E-state index contributed by atoms with van der Waals surface area (Å²) in [5.74, 6) is -1.89. The summed E-state index contributed by atoms with van der Waals surface area (Å²) in [6, 6.07) is 4.53. The lowest BCUT2D eigenvalue weighted by Gasteiger charge is -2.15. The first kappa shape index (κ1) is 18.3. The van der Waals surface area contributed by atoms with Gasteiger partial charge in [0.15, 0.2) is 5.82 Å².